The number of amides is 2. The van der Waals surface area contributed by atoms with Gasteiger partial charge in [-0.25, -0.2) is 9.67 Å². The molecule has 1 aliphatic rings. The van der Waals surface area contributed by atoms with Crippen LogP contribution in [0.5, 0.6) is 0 Å². The summed E-state index contributed by atoms with van der Waals surface area (Å²) in [6, 6.07) is -0.969. The van der Waals surface area contributed by atoms with Gasteiger partial charge in [-0.15, -0.1) is 0 Å². The van der Waals surface area contributed by atoms with Crippen molar-refractivity contribution in [2.45, 2.75) is 52.9 Å². The van der Waals surface area contributed by atoms with Crippen LogP contribution >= 0.6 is 0 Å². The van der Waals surface area contributed by atoms with Crippen molar-refractivity contribution in [3.63, 3.8) is 0 Å². The monoisotopic (exact) mass is 279 g/mol. The fourth-order valence-electron chi connectivity index (χ4n) is 2.25. The van der Waals surface area contributed by atoms with Gasteiger partial charge in [0.15, 0.2) is 0 Å². The van der Waals surface area contributed by atoms with Gasteiger partial charge in [0, 0.05) is 6.54 Å². The number of piperazine rings is 1. The molecule has 0 spiro atoms. The van der Waals surface area contributed by atoms with Crippen LogP contribution in [0.4, 0.5) is 0 Å². The van der Waals surface area contributed by atoms with Crippen molar-refractivity contribution in [1.29, 1.82) is 0 Å². The largest absolute Gasteiger partial charge is 0.343 e. The Morgan fingerprint density at radius 1 is 1.35 bits per heavy atom. The van der Waals surface area contributed by atoms with Gasteiger partial charge in [-0.1, -0.05) is 13.8 Å². The molecule has 1 aromatic heterocycles. The van der Waals surface area contributed by atoms with Crippen molar-refractivity contribution in [3.05, 3.63) is 12.2 Å². The summed E-state index contributed by atoms with van der Waals surface area (Å²) in [5.74, 6) is 0.927. The molecule has 110 valence electrons. The Bertz CT molecular complexity index is 511. The van der Waals surface area contributed by atoms with E-state index in [0.717, 1.165) is 6.54 Å². The van der Waals surface area contributed by atoms with Crippen molar-refractivity contribution < 1.29 is 9.59 Å². The first-order valence-corrected chi connectivity index (χ1v) is 6.87. The van der Waals surface area contributed by atoms with Crippen LogP contribution < -0.4 is 5.32 Å². The third kappa shape index (κ3) is 2.81. The molecule has 0 aromatic carbocycles. The van der Waals surface area contributed by atoms with Gasteiger partial charge >= 0.3 is 0 Å². The molecular formula is C13H21N5O2. The molecule has 1 N–H and O–H groups in total. The molecule has 0 radical (unpaired) electrons. The lowest BCUT2D eigenvalue weighted by Gasteiger charge is -2.35. The van der Waals surface area contributed by atoms with Crippen LogP contribution in [0, 0.1) is 5.92 Å². The van der Waals surface area contributed by atoms with Crippen molar-refractivity contribution >= 4 is 11.8 Å². The standard InChI is InChI=1S/C13H21N5O2/c1-8(2)5-18-11(14-7-15-18)6-17-10(4)12(19)16-9(3)13(17)20/h7-10H,5-6H2,1-4H3,(H,16,19). The Balaban J connectivity index is 2.17. The van der Waals surface area contributed by atoms with Gasteiger partial charge in [-0.05, 0) is 19.8 Å². The molecule has 0 bridgehead atoms. The van der Waals surface area contributed by atoms with E-state index in [1.165, 1.54) is 6.33 Å². The first-order valence-electron chi connectivity index (χ1n) is 6.87. The quantitative estimate of drug-likeness (QED) is 0.852. The topological polar surface area (TPSA) is 80.1 Å². The third-order valence-corrected chi connectivity index (χ3v) is 3.40. The first kappa shape index (κ1) is 14.5. The van der Waals surface area contributed by atoms with E-state index in [1.807, 2.05) is 0 Å². The summed E-state index contributed by atoms with van der Waals surface area (Å²) in [7, 11) is 0. The minimum absolute atomic E-state index is 0.0869. The maximum atomic E-state index is 12.2. The molecule has 2 rings (SSSR count). The van der Waals surface area contributed by atoms with Gasteiger partial charge in [0.2, 0.25) is 11.8 Å². The van der Waals surface area contributed by atoms with E-state index in [0.29, 0.717) is 18.3 Å². The Kier molecular flexibility index (Phi) is 4.06. The highest BCUT2D eigenvalue weighted by Gasteiger charge is 2.36. The van der Waals surface area contributed by atoms with Crippen LogP contribution in [0.3, 0.4) is 0 Å². The summed E-state index contributed by atoms with van der Waals surface area (Å²) in [5.41, 5.74) is 0. The molecule has 7 nitrogen and oxygen atoms in total. The van der Waals surface area contributed by atoms with Gasteiger partial charge in [0.25, 0.3) is 0 Å². The summed E-state index contributed by atoms with van der Waals surface area (Å²) < 4.78 is 1.79. The van der Waals surface area contributed by atoms with Crippen LogP contribution in [-0.2, 0) is 22.7 Å². The minimum Gasteiger partial charge on any atom is -0.343 e. The zero-order chi connectivity index (χ0) is 14.9. The zero-order valence-corrected chi connectivity index (χ0v) is 12.3. The summed E-state index contributed by atoms with van der Waals surface area (Å²) in [6.07, 6.45) is 1.49. The van der Waals surface area contributed by atoms with E-state index < -0.39 is 12.1 Å². The van der Waals surface area contributed by atoms with Gasteiger partial charge in [-0.3, -0.25) is 9.59 Å². The SMILES string of the molecule is CC(C)Cn1ncnc1CN1C(=O)C(C)NC(=O)C1C. The molecule has 1 aromatic rings. The Morgan fingerprint density at radius 3 is 2.70 bits per heavy atom. The highest BCUT2D eigenvalue weighted by Crippen LogP contribution is 2.13. The predicted octanol–water partition coefficient (Wildman–Crippen LogP) is 0.170. The van der Waals surface area contributed by atoms with Crippen LogP contribution in [0.2, 0.25) is 0 Å². The maximum Gasteiger partial charge on any atom is 0.245 e. The van der Waals surface area contributed by atoms with Crippen LogP contribution in [-0.4, -0.2) is 43.6 Å². The summed E-state index contributed by atoms with van der Waals surface area (Å²) in [4.78, 5) is 29.8. The third-order valence-electron chi connectivity index (χ3n) is 3.40. The first-order chi connectivity index (χ1) is 9.40. The molecule has 0 saturated carbocycles. The average Bonchev–Trinajstić information content (AvgIpc) is 2.78. The highest BCUT2D eigenvalue weighted by molar-refractivity contribution is 5.96. The molecule has 2 heterocycles. The summed E-state index contributed by atoms with van der Waals surface area (Å²) >= 11 is 0. The second-order valence-electron chi connectivity index (χ2n) is 5.62. The molecule has 2 amide bonds. The lowest BCUT2D eigenvalue weighted by molar-refractivity contribution is -0.148. The number of hydrogen-bond donors (Lipinski definition) is 1. The number of aromatic nitrogens is 3. The fraction of sp³-hybridized carbons (Fsp3) is 0.692. The predicted molar refractivity (Wildman–Crippen MR) is 72.5 cm³/mol. The lowest BCUT2D eigenvalue weighted by Crippen LogP contribution is -2.61. The molecule has 2 unspecified atom stereocenters. The van der Waals surface area contributed by atoms with E-state index in [4.69, 9.17) is 0 Å². The number of carbonyl (C=O) groups excluding carboxylic acids is 2. The molecule has 1 aliphatic heterocycles. The highest BCUT2D eigenvalue weighted by atomic mass is 16.2. The van der Waals surface area contributed by atoms with E-state index in [2.05, 4.69) is 29.2 Å². The smallest absolute Gasteiger partial charge is 0.245 e. The van der Waals surface area contributed by atoms with E-state index in [-0.39, 0.29) is 11.8 Å². The summed E-state index contributed by atoms with van der Waals surface area (Å²) in [6.45, 7) is 8.66. The van der Waals surface area contributed by atoms with Crippen LogP contribution in [0.15, 0.2) is 6.33 Å². The molecule has 0 aliphatic carbocycles. The number of rotatable bonds is 4. The number of nitrogens with zero attached hydrogens (tertiary/aromatic N) is 4. The van der Waals surface area contributed by atoms with E-state index >= 15 is 0 Å². The maximum absolute atomic E-state index is 12.2. The molecule has 1 fully saturated rings. The second kappa shape index (κ2) is 5.60. The van der Waals surface area contributed by atoms with Gasteiger partial charge in [-0.2, -0.15) is 5.10 Å². The average molecular weight is 279 g/mol. The number of nitrogens with one attached hydrogen (secondary N) is 1. The van der Waals surface area contributed by atoms with Gasteiger partial charge in [0.1, 0.15) is 24.2 Å². The second-order valence-corrected chi connectivity index (χ2v) is 5.62. The van der Waals surface area contributed by atoms with Crippen molar-refractivity contribution in [2.75, 3.05) is 0 Å². The normalized spacial score (nSPS) is 23.4. The number of carbonyl (C=O) groups is 2. The molecule has 2 atom stereocenters. The fourth-order valence-corrected chi connectivity index (χ4v) is 2.25. The van der Waals surface area contributed by atoms with Crippen molar-refractivity contribution in [1.82, 2.24) is 25.0 Å². The molecule has 7 heteroatoms. The lowest BCUT2D eigenvalue weighted by atomic mass is 10.1. The van der Waals surface area contributed by atoms with E-state index in [9.17, 15) is 9.59 Å². The van der Waals surface area contributed by atoms with Crippen LogP contribution in [0.1, 0.15) is 33.5 Å². The summed E-state index contributed by atoms with van der Waals surface area (Å²) in [5, 5.41) is 6.84. The molecule has 1 saturated heterocycles. The Hall–Kier alpha value is -1.92. The van der Waals surface area contributed by atoms with Gasteiger partial charge < -0.3 is 10.2 Å². The van der Waals surface area contributed by atoms with Crippen molar-refractivity contribution in [3.8, 4) is 0 Å². The minimum atomic E-state index is -0.486. The van der Waals surface area contributed by atoms with E-state index in [1.54, 1.807) is 23.4 Å². The molecule has 20 heavy (non-hydrogen) atoms. The van der Waals surface area contributed by atoms with Gasteiger partial charge in [0.05, 0.1) is 6.54 Å². The van der Waals surface area contributed by atoms with Crippen LogP contribution in [0.25, 0.3) is 0 Å². The number of hydrogen-bond acceptors (Lipinski definition) is 4. The van der Waals surface area contributed by atoms with Crippen molar-refractivity contribution in [2.24, 2.45) is 5.92 Å². The Morgan fingerprint density at radius 2 is 2.05 bits per heavy atom. The Labute approximate surface area is 118 Å². The molecular weight excluding hydrogens is 258 g/mol. The zero-order valence-electron chi connectivity index (χ0n) is 12.3.